The lowest BCUT2D eigenvalue weighted by Gasteiger charge is -2.05. The molecular formula is C17H16N4O4S2. The molecule has 140 valence electrons. The molecule has 1 aromatic heterocycles. The SMILES string of the molecule is Cc1ccc(-c2nnc(SCC(=O)Nc3ccc(S(N)(=O)=O)cc3)o2)cc1. The first kappa shape index (κ1) is 19.1. The van der Waals surface area contributed by atoms with Crippen LogP contribution in [0.4, 0.5) is 5.69 Å². The van der Waals surface area contributed by atoms with Crippen LogP contribution >= 0.6 is 11.8 Å². The highest BCUT2D eigenvalue weighted by atomic mass is 32.2. The van der Waals surface area contributed by atoms with Crippen LogP contribution in [0, 0.1) is 6.92 Å². The molecule has 0 aliphatic rings. The van der Waals surface area contributed by atoms with Gasteiger partial charge in [0.2, 0.25) is 21.8 Å². The fraction of sp³-hybridized carbons (Fsp3) is 0.118. The summed E-state index contributed by atoms with van der Waals surface area (Å²) in [7, 11) is -3.76. The number of rotatable bonds is 6. The molecule has 0 bridgehead atoms. The summed E-state index contributed by atoms with van der Waals surface area (Å²) in [4.78, 5) is 12.0. The van der Waals surface area contributed by atoms with E-state index in [0.29, 0.717) is 11.6 Å². The minimum Gasteiger partial charge on any atom is -0.411 e. The van der Waals surface area contributed by atoms with E-state index in [1.165, 1.54) is 24.3 Å². The lowest BCUT2D eigenvalue weighted by Crippen LogP contribution is -2.15. The number of carbonyl (C=O) groups excluding carboxylic acids is 1. The molecular weight excluding hydrogens is 388 g/mol. The van der Waals surface area contributed by atoms with Gasteiger partial charge in [-0.15, -0.1) is 10.2 Å². The second-order valence-corrected chi connectivity index (χ2v) is 8.13. The van der Waals surface area contributed by atoms with Gasteiger partial charge in [0.25, 0.3) is 5.22 Å². The molecule has 8 nitrogen and oxygen atoms in total. The summed E-state index contributed by atoms with van der Waals surface area (Å²) < 4.78 is 28.0. The van der Waals surface area contributed by atoms with Crippen molar-refractivity contribution in [1.82, 2.24) is 10.2 Å². The third-order valence-corrected chi connectivity index (χ3v) is 5.25. The number of carbonyl (C=O) groups is 1. The minimum atomic E-state index is -3.76. The molecule has 0 saturated carbocycles. The Morgan fingerprint density at radius 1 is 1.11 bits per heavy atom. The van der Waals surface area contributed by atoms with Gasteiger partial charge >= 0.3 is 0 Å². The number of amides is 1. The molecule has 0 spiro atoms. The number of nitrogens with one attached hydrogen (secondary N) is 1. The number of primary sulfonamides is 1. The molecule has 0 unspecified atom stereocenters. The number of aryl methyl sites for hydroxylation is 1. The highest BCUT2D eigenvalue weighted by molar-refractivity contribution is 7.99. The maximum atomic E-state index is 12.0. The molecule has 2 aromatic carbocycles. The molecule has 0 fully saturated rings. The van der Waals surface area contributed by atoms with Gasteiger partial charge in [0, 0.05) is 11.3 Å². The zero-order chi connectivity index (χ0) is 19.4. The smallest absolute Gasteiger partial charge is 0.277 e. The van der Waals surface area contributed by atoms with E-state index in [2.05, 4.69) is 15.5 Å². The van der Waals surface area contributed by atoms with Crippen molar-refractivity contribution in [1.29, 1.82) is 0 Å². The van der Waals surface area contributed by atoms with Gasteiger partial charge in [-0.05, 0) is 43.3 Å². The number of benzene rings is 2. The van der Waals surface area contributed by atoms with Crippen LogP contribution in [0.25, 0.3) is 11.5 Å². The summed E-state index contributed by atoms with van der Waals surface area (Å²) in [5, 5.41) is 15.9. The van der Waals surface area contributed by atoms with Crippen LogP contribution < -0.4 is 10.5 Å². The summed E-state index contributed by atoms with van der Waals surface area (Å²) in [5.74, 6) is 0.155. The van der Waals surface area contributed by atoms with E-state index in [1.54, 1.807) is 0 Å². The topological polar surface area (TPSA) is 128 Å². The number of nitrogens with zero attached hydrogens (tertiary/aromatic N) is 2. The molecule has 3 aromatic rings. The van der Waals surface area contributed by atoms with Crippen LogP contribution in [0.5, 0.6) is 0 Å². The van der Waals surface area contributed by atoms with Crippen molar-refractivity contribution < 1.29 is 17.6 Å². The van der Waals surface area contributed by atoms with Crippen molar-refractivity contribution in [3.05, 3.63) is 54.1 Å². The van der Waals surface area contributed by atoms with E-state index in [4.69, 9.17) is 9.56 Å². The molecule has 0 aliphatic heterocycles. The Morgan fingerprint density at radius 2 is 1.78 bits per heavy atom. The number of anilines is 1. The minimum absolute atomic E-state index is 0.0237. The predicted molar refractivity (Wildman–Crippen MR) is 102 cm³/mol. The van der Waals surface area contributed by atoms with Crippen molar-refractivity contribution >= 4 is 33.4 Å². The van der Waals surface area contributed by atoms with E-state index < -0.39 is 10.0 Å². The van der Waals surface area contributed by atoms with E-state index in [1.807, 2.05) is 31.2 Å². The Hall–Kier alpha value is -2.69. The summed E-state index contributed by atoms with van der Waals surface area (Å²) in [5.41, 5.74) is 2.39. The monoisotopic (exact) mass is 404 g/mol. The molecule has 1 amide bonds. The molecule has 0 aliphatic carbocycles. The van der Waals surface area contributed by atoms with Crippen LogP contribution in [0.2, 0.25) is 0 Å². The fourth-order valence-electron chi connectivity index (χ4n) is 2.13. The molecule has 3 rings (SSSR count). The van der Waals surface area contributed by atoms with Crippen LogP contribution in [-0.4, -0.2) is 30.3 Å². The second kappa shape index (κ2) is 7.91. The Kier molecular flexibility index (Phi) is 5.59. The molecule has 0 saturated heterocycles. The normalized spacial score (nSPS) is 11.3. The van der Waals surface area contributed by atoms with Crippen LogP contribution in [0.1, 0.15) is 5.56 Å². The molecule has 0 radical (unpaired) electrons. The van der Waals surface area contributed by atoms with Gasteiger partial charge < -0.3 is 9.73 Å². The van der Waals surface area contributed by atoms with Gasteiger partial charge in [-0.3, -0.25) is 4.79 Å². The Balaban J connectivity index is 1.56. The number of thioether (sulfide) groups is 1. The Morgan fingerprint density at radius 3 is 2.41 bits per heavy atom. The zero-order valence-corrected chi connectivity index (χ0v) is 15.9. The van der Waals surface area contributed by atoms with E-state index in [-0.39, 0.29) is 21.8 Å². The second-order valence-electron chi connectivity index (χ2n) is 5.65. The fourth-order valence-corrected chi connectivity index (χ4v) is 3.21. The van der Waals surface area contributed by atoms with Crippen LogP contribution in [0.15, 0.2) is 63.1 Å². The average molecular weight is 404 g/mol. The third kappa shape index (κ3) is 5.16. The number of aromatic nitrogens is 2. The molecule has 3 N–H and O–H groups in total. The van der Waals surface area contributed by atoms with Crippen molar-refractivity contribution in [2.45, 2.75) is 17.0 Å². The zero-order valence-electron chi connectivity index (χ0n) is 14.2. The number of hydrogen-bond acceptors (Lipinski definition) is 7. The highest BCUT2D eigenvalue weighted by Gasteiger charge is 2.12. The van der Waals surface area contributed by atoms with Gasteiger partial charge in [-0.25, -0.2) is 13.6 Å². The molecule has 27 heavy (non-hydrogen) atoms. The summed E-state index contributed by atoms with van der Waals surface area (Å²) >= 11 is 1.11. The van der Waals surface area contributed by atoms with Gasteiger partial charge in [0.1, 0.15) is 0 Å². The van der Waals surface area contributed by atoms with E-state index in [9.17, 15) is 13.2 Å². The first-order valence-corrected chi connectivity index (χ1v) is 10.3. The predicted octanol–water partition coefficient (Wildman–Crippen LogP) is 2.42. The van der Waals surface area contributed by atoms with Gasteiger partial charge in [0.05, 0.1) is 10.6 Å². The highest BCUT2D eigenvalue weighted by Crippen LogP contribution is 2.23. The number of sulfonamides is 1. The standard InChI is InChI=1S/C17H16N4O4S2/c1-11-2-4-12(5-3-11)16-20-21-17(25-16)26-10-15(22)19-13-6-8-14(9-7-13)27(18,23)24/h2-9H,10H2,1H3,(H,19,22)(H2,18,23,24). The van der Waals surface area contributed by atoms with Crippen molar-refractivity contribution in [2.75, 3.05) is 11.1 Å². The Bertz CT molecular complexity index is 1050. The lowest BCUT2D eigenvalue weighted by atomic mass is 10.1. The lowest BCUT2D eigenvalue weighted by molar-refractivity contribution is -0.113. The third-order valence-electron chi connectivity index (χ3n) is 3.50. The van der Waals surface area contributed by atoms with Crippen molar-refractivity contribution in [3.63, 3.8) is 0 Å². The van der Waals surface area contributed by atoms with Gasteiger partial charge in [-0.2, -0.15) is 0 Å². The maximum Gasteiger partial charge on any atom is 0.277 e. The van der Waals surface area contributed by atoms with E-state index in [0.717, 1.165) is 22.9 Å². The summed E-state index contributed by atoms with van der Waals surface area (Å²) in [6.07, 6.45) is 0. The van der Waals surface area contributed by atoms with Crippen molar-refractivity contribution in [3.8, 4) is 11.5 Å². The molecule has 0 atom stereocenters. The maximum absolute atomic E-state index is 12.0. The average Bonchev–Trinajstić information content (AvgIpc) is 3.09. The largest absolute Gasteiger partial charge is 0.411 e. The molecule has 1 heterocycles. The quantitative estimate of drug-likeness (QED) is 0.604. The van der Waals surface area contributed by atoms with Crippen LogP contribution in [-0.2, 0) is 14.8 Å². The number of hydrogen-bond donors (Lipinski definition) is 2. The number of nitrogens with two attached hydrogens (primary N) is 1. The van der Waals surface area contributed by atoms with Gasteiger partial charge in [-0.1, -0.05) is 29.5 Å². The van der Waals surface area contributed by atoms with E-state index >= 15 is 0 Å². The first-order chi connectivity index (χ1) is 12.8. The molecule has 10 heteroatoms. The van der Waals surface area contributed by atoms with Crippen LogP contribution in [0.3, 0.4) is 0 Å². The Labute approximate surface area is 160 Å². The summed E-state index contributed by atoms with van der Waals surface area (Å²) in [6, 6.07) is 13.2. The first-order valence-electron chi connectivity index (χ1n) is 7.77. The van der Waals surface area contributed by atoms with Gasteiger partial charge in [0.15, 0.2) is 0 Å². The summed E-state index contributed by atoms with van der Waals surface area (Å²) in [6.45, 7) is 1.99. The van der Waals surface area contributed by atoms with Crippen molar-refractivity contribution in [2.24, 2.45) is 5.14 Å².